The third-order valence-electron chi connectivity index (χ3n) is 4.75. The predicted molar refractivity (Wildman–Crippen MR) is 117 cm³/mol. The molecule has 2 aromatic heterocycles. The number of nitrogens with zero attached hydrogens (tertiary/aromatic N) is 4. The lowest BCUT2D eigenvalue weighted by Crippen LogP contribution is -2.32. The van der Waals surface area contributed by atoms with Crippen molar-refractivity contribution in [3.05, 3.63) is 35.4 Å². The second-order valence-corrected chi connectivity index (χ2v) is 9.34. The van der Waals surface area contributed by atoms with Gasteiger partial charge in [-0.15, -0.1) is 0 Å². The SMILES string of the molecule is CC1CCN(c2nc3ncnc(SCC(=O)Nc4ccc(Cl)cc4F)c3s2)CC1. The molecule has 1 N–H and O–H groups in total. The van der Waals surface area contributed by atoms with Crippen LogP contribution in [0, 0.1) is 11.7 Å². The van der Waals surface area contributed by atoms with Gasteiger partial charge in [-0.05, 0) is 37.0 Å². The van der Waals surface area contributed by atoms with E-state index in [2.05, 4.69) is 32.1 Å². The number of fused-ring (bicyclic) bond motifs is 1. The fraction of sp³-hybridized carbons (Fsp3) is 0.368. The molecule has 0 aliphatic carbocycles. The Morgan fingerprint density at radius 1 is 1.38 bits per heavy atom. The highest BCUT2D eigenvalue weighted by molar-refractivity contribution is 8.00. The molecule has 1 aliphatic rings. The second kappa shape index (κ2) is 8.81. The summed E-state index contributed by atoms with van der Waals surface area (Å²) in [6.45, 7) is 4.26. The molecule has 152 valence electrons. The number of benzene rings is 1. The molecule has 0 unspecified atom stereocenters. The number of halogens is 2. The molecule has 1 saturated heterocycles. The van der Waals surface area contributed by atoms with Gasteiger partial charge < -0.3 is 10.2 Å². The van der Waals surface area contributed by atoms with Crippen molar-refractivity contribution >= 4 is 61.8 Å². The monoisotopic (exact) mass is 451 g/mol. The quantitative estimate of drug-likeness (QED) is 0.442. The Morgan fingerprint density at radius 3 is 2.93 bits per heavy atom. The number of aromatic nitrogens is 3. The minimum atomic E-state index is -0.566. The van der Waals surface area contributed by atoms with Crippen LogP contribution in [-0.2, 0) is 4.79 Å². The summed E-state index contributed by atoms with van der Waals surface area (Å²) in [5, 5.41) is 4.49. The topological polar surface area (TPSA) is 71.0 Å². The zero-order chi connectivity index (χ0) is 20.4. The van der Waals surface area contributed by atoms with Crippen molar-refractivity contribution < 1.29 is 9.18 Å². The summed E-state index contributed by atoms with van der Waals surface area (Å²) in [4.78, 5) is 27.8. The van der Waals surface area contributed by atoms with E-state index in [0.717, 1.165) is 41.7 Å². The zero-order valence-corrected chi connectivity index (χ0v) is 18.1. The summed E-state index contributed by atoms with van der Waals surface area (Å²) in [7, 11) is 0. The number of hydrogen-bond acceptors (Lipinski definition) is 7. The van der Waals surface area contributed by atoms with Crippen LogP contribution in [-0.4, -0.2) is 39.7 Å². The van der Waals surface area contributed by atoms with Crippen LogP contribution in [0.2, 0.25) is 5.02 Å². The van der Waals surface area contributed by atoms with Crippen molar-refractivity contribution in [2.24, 2.45) is 5.92 Å². The summed E-state index contributed by atoms with van der Waals surface area (Å²) in [6, 6.07) is 4.14. The number of anilines is 2. The Kier molecular flexibility index (Phi) is 6.17. The lowest BCUT2D eigenvalue weighted by atomic mass is 10.00. The normalized spacial score (nSPS) is 15.1. The molecule has 0 atom stereocenters. The molecular weight excluding hydrogens is 433 g/mol. The van der Waals surface area contributed by atoms with E-state index < -0.39 is 5.82 Å². The fourth-order valence-electron chi connectivity index (χ4n) is 3.07. The first kappa shape index (κ1) is 20.3. The van der Waals surface area contributed by atoms with E-state index in [0.29, 0.717) is 10.7 Å². The van der Waals surface area contributed by atoms with Gasteiger partial charge in [0.1, 0.15) is 21.9 Å². The van der Waals surface area contributed by atoms with Gasteiger partial charge in [0.2, 0.25) is 5.91 Å². The average molecular weight is 452 g/mol. The van der Waals surface area contributed by atoms with Gasteiger partial charge >= 0.3 is 0 Å². The highest BCUT2D eigenvalue weighted by Crippen LogP contribution is 2.35. The van der Waals surface area contributed by atoms with Gasteiger partial charge in [-0.3, -0.25) is 4.79 Å². The van der Waals surface area contributed by atoms with Crippen LogP contribution in [0.15, 0.2) is 29.6 Å². The van der Waals surface area contributed by atoms with Crippen LogP contribution in [0.25, 0.3) is 10.3 Å². The third-order valence-corrected chi connectivity index (χ3v) is 7.21. The van der Waals surface area contributed by atoms with Crippen LogP contribution in [0.5, 0.6) is 0 Å². The van der Waals surface area contributed by atoms with Crippen molar-refractivity contribution in [2.75, 3.05) is 29.1 Å². The first-order valence-electron chi connectivity index (χ1n) is 9.24. The fourth-order valence-corrected chi connectivity index (χ4v) is 5.17. The van der Waals surface area contributed by atoms with Crippen LogP contribution >= 0.6 is 34.7 Å². The molecule has 0 saturated carbocycles. The number of nitrogens with one attached hydrogen (secondary N) is 1. The molecule has 29 heavy (non-hydrogen) atoms. The lowest BCUT2D eigenvalue weighted by Gasteiger charge is -2.29. The molecule has 1 fully saturated rings. The highest BCUT2D eigenvalue weighted by atomic mass is 35.5. The van der Waals surface area contributed by atoms with Gasteiger partial charge in [0, 0.05) is 18.1 Å². The summed E-state index contributed by atoms with van der Waals surface area (Å²) in [5.74, 6) is -0.0423. The molecular formula is C19H19ClFN5OS2. The zero-order valence-electron chi connectivity index (χ0n) is 15.7. The largest absolute Gasteiger partial charge is 0.348 e. The molecule has 3 heterocycles. The first-order valence-corrected chi connectivity index (χ1v) is 11.4. The van der Waals surface area contributed by atoms with Crippen molar-refractivity contribution in [1.29, 1.82) is 0 Å². The average Bonchev–Trinajstić information content (AvgIpc) is 3.14. The Balaban J connectivity index is 1.44. The van der Waals surface area contributed by atoms with Crippen molar-refractivity contribution in [1.82, 2.24) is 15.0 Å². The predicted octanol–water partition coefficient (Wildman–Crippen LogP) is 4.85. The number of thioether (sulfide) groups is 1. The van der Waals surface area contributed by atoms with E-state index in [4.69, 9.17) is 11.6 Å². The minimum Gasteiger partial charge on any atom is -0.348 e. The third kappa shape index (κ3) is 4.79. The van der Waals surface area contributed by atoms with Gasteiger partial charge in [-0.2, -0.15) is 4.98 Å². The smallest absolute Gasteiger partial charge is 0.234 e. The molecule has 3 aromatic rings. The van der Waals surface area contributed by atoms with Gasteiger partial charge in [0.15, 0.2) is 10.8 Å². The van der Waals surface area contributed by atoms with Crippen molar-refractivity contribution in [3.63, 3.8) is 0 Å². The van der Waals surface area contributed by atoms with Crippen molar-refractivity contribution in [3.8, 4) is 0 Å². The summed E-state index contributed by atoms with van der Waals surface area (Å²) in [6.07, 6.45) is 3.78. The highest BCUT2D eigenvalue weighted by Gasteiger charge is 2.21. The molecule has 4 rings (SSSR count). The maximum absolute atomic E-state index is 13.8. The van der Waals surface area contributed by atoms with Gasteiger partial charge in [0.05, 0.1) is 11.4 Å². The number of rotatable bonds is 5. The number of hydrogen-bond donors (Lipinski definition) is 1. The second-order valence-electron chi connectivity index (χ2n) is 6.96. The Bertz CT molecular complexity index is 1040. The molecule has 1 aromatic carbocycles. The molecule has 0 radical (unpaired) electrons. The molecule has 1 amide bonds. The minimum absolute atomic E-state index is 0.0998. The number of carbonyl (C=O) groups is 1. The summed E-state index contributed by atoms with van der Waals surface area (Å²) in [5.41, 5.74) is 0.748. The standard InChI is InChI=1S/C19H19ClFN5OS2/c1-11-4-6-26(7-5-11)19-25-17-16(29-19)18(23-10-22-17)28-9-15(27)24-14-3-2-12(20)8-13(14)21/h2-3,8,10-11H,4-7,9H2,1H3,(H,24,27). The van der Waals surface area contributed by atoms with Crippen LogP contribution < -0.4 is 10.2 Å². The maximum Gasteiger partial charge on any atom is 0.234 e. The van der Waals surface area contributed by atoms with E-state index in [9.17, 15) is 9.18 Å². The van der Waals surface area contributed by atoms with Gasteiger partial charge in [0.25, 0.3) is 0 Å². The van der Waals surface area contributed by atoms with E-state index in [-0.39, 0.29) is 22.4 Å². The van der Waals surface area contributed by atoms with Crippen LogP contribution in [0.3, 0.4) is 0 Å². The Labute approximate surface area is 180 Å². The molecule has 0 bridgehead atoms. The molecule has 6 nitrogen and oxygen atoms in total. The van der Waals surface area contributed by atoms with E-state index in [1.165, 1.54) is 36.3 Å². The molecule has 1 aliphatic heterocycles. The number of thiazole rings is 1. The van der Waals surface area contributed by atoms with Gasteiger partial charge in [-0.1, -0.05) is 41.6 Å². The van der Waals surface area contributed by atoms with E-state index >= 15 is 0 Å². The lowest BCUT2D eigenvalue weighted by molar-refractivity contribution is -0.113. The number of piperidine rings is 1. The van der Waals surface area contributed by atoms with Crippen LogP contribution in [0.1, 0.15) is 19.8 Å². The van der Waals surface area contributed by atoms with Gasteiger partial charge in [-0.25, -0.2) is 14.4 Å². The Hall–Kier alpha value is -1.97. The van der Waals surface area contributed by atoms with Crippen molar-refractivity contribution in [2.45, 2.75) is 24.8 Å². The first-order chi connectivity index (χ1) is 14.0. The number of carbonyl (C=O) groups excluding carboxylic acids is 1. The molecule has 0 spiro atoms. The summed E-state index contributed by atoms with van der Waals surface area (Å²) < 4.78 is 14.7. The summed E-state index contributed by atoms with van der Waals surface area (Å²) >= 11 is 8.58. The van der Waals surface area contributed by atoms with E-state index in [1.807, 2.05) is 0 Å². The van der Waals surface area contributed by atoms with Crippen LogP contribution in [0.4, 0.5) is 15.2 Å². The maximum atomic E-state index is 13.8. The van der Waals surface area contributed by atoms with E-state index in [1.54, 1.807) is 11.3 Å². The Morgan fingerprint density at radius 2 is 2.17 bits per heavy atom. The molecule has 10 heteroatoms. The number of amides is 1.